The van der Waals surface area contributed by atoms with Gasteiger partial charge in [0.05, 0.1) is 0 Å². The summed E-state index contributed by atoms with van der Waals surface area (Å²) in [6.07, 6.45) is 7.01. The average molecular weight is 268 g/mol. The summed E-state index contributed by atoms with van der Waals surface area (Å²) in [6.45, 7) is 2.83. The third-order valence-corrected chi connectivity index (χ3v) is 4.57. The summed E-state index contributed by atoms with van der Waals surface area (Å²) in [4.78, 5) is 25.7. The number of amides is 2. The molecule has 5 nitrogen and oxygen atoms in total. The molecule has 108 valence electrons. The maximum absolute atomic E-state index is 12.4. The molecule has 1 heterocycles. The zero-order valence-electron chi connectivity index (χ0n) is 11.7. The number of urea groups is 1. The lowest BCUT2D eigenvalue weighted by Crippen LogP contribution is -2.58. The smallest absolute Gasteiger partial charge is 0.329 e. The quantitative estimate of drug-likeness (QED) is 0.825. The molecule has 2 amide bonds. The van der Waals surface area contributed by atoms with Crippen molar-refractivity contribution in [3.05, 3.63) is 0 Å². The summed E-state index contributed by atoms with van der Waals surface area (Å²) in [5.74, 6) is -0.886. The average Bonchev–Trinajstić information content (AvgIpc) is 2.88. The van der Waals surface area contributed by atoms with Crippen LogP contribution in [-0.4, -0.2) is 40.1 Å². The van der Waals surface area contributed by atoms with Gasteiger partial charge in [0.2, 0.25) is 0 Å². The lowest BCUT2D eigenvalue weighted by Gasteiger charge is -2.37. The molecule has 0 spiro atoms. The van der Waals surface area contributed by atoms with Crippen LogP contribution in [0, 0.1) is 0 Å². The number of carbonyl (C=O) groups is 2. The van der Waals surface area contributed by atoms with Gasteiger partial charge in [-0.2, -0.15) is 0 Å². The Labute approximate surface area is 114 Å². The first kappa shape index (κ1) is 14.2. The fraction of sp³-hybridized carbons (Fsp3) is 0.857. The summed E-state index contributed by atoms with van der Waals surface area (Å²) < 4.78 is 0. The van der Waals surface area contributed by atoms with E-state index >= 15 is 0 Å². The molecule has 0 radical (unpaired) electrons. The molecule has 1 saturated heterocycles. The van der Waals surface area contributed by atoms with Gasteiger partial charge in [-0.1, -0.05) is 19.8 Å². The van der Waals surface area contributed by atoms with E-state index < -0.39 is 11.5 Å². The molecule has 0 aromatic rings. The van der Waals surface area contributed by atoms with E-state index in [1.807, 2.05) is 4.90 Å². The van der Waals surface area contributed by atoms with Gasteiger partial charge < -0.3 is 15.3 Å². The van der Waals surface area contributed by atoms with Crippen molar-refractivity contribution in [2.24, 2.45) is 0 Å². The van der Waals surface area contributed by atoms with Crippen LogP contribution in [0.2, 0.25) is 0 Å². The summed E-state index contributed by atoms with van der Waals surface area (Å²) in [7, 11) is 0. The van der Waals surface area contributed by atoms with Crippen molar-refractivity contribution in [3.8, 4) is 0 Å². The van der Waals surface area contributed by atoms with Gasteiger partial charge in [-0.3, -0.25) is 0 Å². The number of aliphatic carboxylic acids is 1. The summed E-state index contributed by atoms with van der Waals surface area (Å²) in [5.41, 5.74) is -1.02. The molecule has 1 aliphatic heterocycles. The van der Waals surface area contributed by atoms with E-state index in [9.17, 15) is 14.7 Å². The number of nitrogens with one attached hydrogen (secondary N) is 1. The van der Waals surface area contributed by atoms with Crippen molar-refractivity contribution in [1.29, 1.82) is 0 Å². The number of hydrogen-bond donors (Lipinski definition) is 2. The Morgan fingerprint density at radius 3 is 2.53 bits per heavy atom. The molecule has 19 heavy (non-hydrogen) atoms. The Kier molecular flexibility index (Phi) is 4.32. The maximum atomic E-state index is 12.4. The zero-order valence-corrected chi connectivity index (χ0v) is 11.7. The van der Waals surface area contributed by atoms with Gasteiger partial charge in [-0.25, -0.2) is 9.59 Å². The minimum absolute atomic E-state index is 0.184. The van der Waals surface area contributed by atoms with Crippen LogP contribution in [0.5, 0.6) is 0 Å². The molecule has 2 N–H and O–H groups in total. The van der Waals surface area contributed by atoms with Crippen molar-refractivity contribution in [1.82, 2.24) is 10.2 Å². The van der Waals surface area contributed by atoms with Gasteiger partial charge in [-0.15, -0.1) is 0 Å². The van der Waals surface area contributed by atoms with Crippen LogP contribution >= 0.6 is 0 Å². The summed E-state index contributed by atoms with van der Waals surface area (Å²) in [6, 6.07) is 0.0804. The largest absolute Gasteiger partial charge is 0.480 e. The minimum atomic E-state index is -1.02. The fourth-order valence-corrected chi connectivity index (χ4v) is 3.34. The van der Waals surface area contributed by atoms with Gasteiger partial charge in [0.1, 0.15) is 5.54 Å². The molecule has 1 atom stereocenters. The number of piperidine rings is 1. The van der Waals surface area contributed by atoms with Crippen LogP contribution in [0.4, 0.5) is 4.79 Å². The lowest BCUT2D eigenvalue weighted by molar-refractivity contribution is -0.144. The maximum Gasteiger partial charge on any atom is 0.329 e. The predicted octanol–water partition coefficient (Wildman–Crippen LogP) is 2.36. The lowest BCUT2D eigenvalue weighted by atomic mass is 9.97. The first-order valence-corrected chi connectivity index (χ1v) is 7.41. The second-order valence-electron chi connectivity index (χ2n) is 5.78. The van der Waals surface area contributed by atoms with Gasteiger partial charge in [0.25, 0.3) is 0 Å². The minimum Gasteiger partial charge on any atom is -0.480 e. The van der Waals surface area contributed by atoms with Crippen molar-refractivity contribution < 1.29 is 14.7 Å². The number of carboxylic acids is 1. The van der Waals surface area contributed by atoms with Gasteiger partial charge >= 0.3 is 12.0 Å². The van der Waals surface area contributed by atoms with Gasteiger partial charge in [0, 0.05) is 12.6 Å². The van der Waals surface area contributed by atoms with Crippen molar-refractivity contribution in [2.75, 3.05) is 6.54 Å². The van der Waals surface area contributed by atoms with Crippen molar-refractivity contribution in [2.45, 2.75) is 69.9 Å². The molecule has 1 unspecified atom stereocenters. The fourth-order valence-electron chi connectivity index (χ4n) is 3.34. The highest BCUT2D eigenvalue weighted by molar-refractivity contribution is 5.86. The van der Waals surface area contributed by atoms with Crippen LogP contribution in [-0.2, 0) is 4.79 Å². The normalized spacial score (nSPS) is 26.2. The van der Waals surface area contributed by atoms with Crippen molar-refractivity contribution >= 4 is 12.0 Å². The third-order valence-electron chi connectivity index (χ3n) is 4.57. The molecule has 0 aromatic carbocycles. The Balaban J connectivity index is 2.04. The van der Waals surface area contributed by atoms with Crippen LogP contribution in [0.1, 0.15) is 58.3 Å². The molecule has 1 aliphatic carbocycles. The van der Waals surface area contributed by atoms with E-state index in [4.69, 9.17) is 0 Å². The highest BCUT2D eigenvalue weighted by atomic mass is 16.4. The van der Waals surface area contributed by atoms with E-state index in [0.717, 1.165) is 45.1 Å². The van der Waals surface area contributed by atoms with E-state index in [2.05, 4.69) is 12.2 Å². The monoisotopic (exact) mass is 268 g/mol. The molecule has 5 heteroatoms. The Bertz CT molecular complexity index is 351. The Morgan fingerprint density at radius 1 is 1.26 bits per heavy atom. The molecule has 2 fully saturated rings. The third kappa shape index (κ3) is 2.85. The number of likely N-dealkylation sites (tertiary alicyclic amines) is 1. The van der Waals surface area contributed by atoms with Gasteiger partial charge in [0.15, 0.2) is 0 Å². The summed E-state index contributed by atoms with van der Waals surface area (Å²) in [5, 5.41) is 12.2. The van der Waals surface area contributed by atoms with Gasteiger partial charge in [-0.05, 0) is 38.5 Å². The highest BCUT2D eigenvalue weighted by Gasteiger charge is 2.44. The first-order valence-electron chi connectivity index (χ1n) is 7.41. The number of carbonyl (C=O) groups excluding carboxylic acids is 1. The van der Waals surface area contributed by atoms with Crippen LogP contribution in [0.3, 0.4) is 0 Å². The molecule has 0 bridgehead atoms. The number of hydrogen-bond acceptors (Lipinski definition) is 2. The second-order valence-corrected chi connectivity index (χ2v) is 5.78. The Morgan fingerprint density at radius 2 is 1.95 bits per heavy atom. The van der Waals surface area contributed by atoms with Crippen LogP contribution < -0.4 is 5.32 Å². The Hall–Kier alpha value is -1.26. The predicted molar refractivity (Wildman–Crippen MR) is 72.0 cm³/mol. The number of nitrogens with zero attached hydrogens (tertiary/aromatic N) is 1. The molecule has 2 rings (SSSR count). The SMILES string of the molecule is CCC1CCCCN1C(=O)NC1(C(=O)O)CCCC1. The second kappa shape index (κ2) is 5.80. The summed E-state index contributed by atoms with van der Waals surface area (Å²) >= 11 is 0. The van der Waals surface area contributed by atoms with Crippen LogP contribution in [0.15, 0.2) is 0 Å². The molecule has 0 aromatic heterocycles. The number of rotatable bonds is 3. The zero-order chi connectivity index (χ0) is 13.9. The topological polar surface area (TPSA) is 69.6 Å². The standard InChI is InChI=1S/C14H24N2O3/c1-2-11-7-3-6-10-16(11)13(19)15-14(12(17)18)8-4-5-9-14/h11H,2-10H2,1H3,(H,15,19)(H,17,18). The van der Waals surface area contributed by atoms with E-state index in [1.165, 1.54) is 0 Å². The molecule has 1 saturated carbocycles. The van der Waals surface area contributed by atoms with E-state index in [1.54, 1.807) is 0 Å². The van der Waals surface area contributed by atoms with E-state index in [-0.39, 0.29) is 12.1 Å². The number of carboxylic acid groups (broad SMARTS) is 1. The highest BCUT2D eigenvalue weighted by Crippen LogP contribution is 2.30. The van der Waals surface area contributed by atoms with Crippen LogP contribution in [0.25, 0.3) is 0 Å². The molecular formula is C14H24N2O3. The molecular weight excluding hydrogens is 244 g/mol. The molecule has 2 aliphatic rings. The van der Waals surface area contributed by atoms with Crippen molar-refractivity contribution in [3.63, 3.8) is 0 Å². The van der Waals surface area contributed by atoms with E-state index in [0.29, 0.717) is 12.8 Å². The first-order chi connectivity index (χ1) is 9.09.